The number of benzene rings is 2. The molecule has 1 saturated carbocycles. The molecule has 3 atom stereocenters. The molecule has 224 valence electrons. The Balaban J connectivity index is 1.44. The molecule has 2 aliphatic rings. The van der Waals surface area contributed by atoms with Crippen molar-refractivity contribution in [2.24, 2.45) is 5.41 Å². The molecule has 4 aromatic rings. The number of aryl methyl sites for hydroxylation is 1. The van der Waals surface area contributed by atoms with Crippen LogP contribution in [0.2, 0.25) is 0 Å². The lowest BCUT2D eigenvalue weighted by Gasteiger charge is -2.47. The third kappa shape index (κ3) is 5.36. The predicted octanol–water partition coefficient (Wildman–Crippen LogP) is 6.53. The Morgan fingerprint density at radius 2 is 1.81 bits per heavy atom. The summed E-state index contributed by atoms with van der Waals surface area (Å²) < 4.78 is 72.3. The number of alkyl halides is 2. The van der Waals surface area contributed by atoms with Crippen LogP contribution in [0.5, 0.6) is 0 Å². The maximum Gasteiger partial charge on any atom is 0.252 e. The van der Waals surface area contributed by atoms with Crippen molar-refractivity contribution in [3.63, 3.8) is 0 Å². The molecule has 0 N–H and O–H groups in total. The minimum atomic E-state index is -3.46. The molecule has 2 heterocycles. The number of ketones is 1. The molecule has 12 heteroatoms. The highest BCUT2D eigenvalue weighted by Gasteiger charge is 2.51. The molecular weight excluding hydrogens is 600 g/mol. The summed E-state index contributed by atoms with van der Waals surface area (Å²) >= 11 is 1.27. The Bertz CT molecular complexity index is 1810. The van der Waals surface area contributed by atoms with Gasteiger partial charge < -0.3 is 0 Å². The number of carbonyl (C=O) groups is 1. The zero-order chi connectivity index (χ0) is 30.5. The molecule has 0 bridgehead atoms. The van der Waals surface area contributed by atoms with E-state index in [2.05, 4.69) is 16.0 Å². The zero-order valence-electron chi connectivity index (χ0n) is 23.2. The number of allylic oxidation sites excluding steroid dienone is 1. The van der Waals surface area contributed by atoms with E-state index in [-0.39, 0.29) is 29.3 Å². The highest BCUT2D eigenvalue weighted by Crippen LogP contribution is 2.52. The minimum Gasteiger partial charge on any atom is -0.290 e. The van der Waals surface area contributed by atoms with Gasteiger partial charge in [-0.15, -0.1) is 11.3 Å². The van der Waals surface area contributed by atoms with E-state index in [0.717, 1.165) is 33.8 Å². The molecule has 2 aromatic carbocycles. The summed E-state index contributed by atoms with van der Waals surface area (Å²) in [5.41, 5.74) is 1.85. The smallest absolute Gasteiger partial charge is 0.252 e. The number of fused-ring (bicyclic) bond motifs is 2. The monoisotopic (exact) mass is 628 g/mol. The molecule has 2 aromatic heterocycles. The Hall–Kier alpha value is -3.61. The van der Waals surface area contributed by atoms with Crippen molar-refractivity contribution in [1.82, 2.24) is 19.1 Å². The molecule has 0 spiro atoms. The summed E-state index contributed by atoms with van der Waals surface area (Å²) in [4.78, 5) is 19.7. The van der Waals surface area contributed by atoms with Gasteiger partial charge in [0.05, 0.1) is 39.2 Å². The number of carbonyl (C=O) groups excluding carboxylic acids is 1. The fraction of sp³-hybridized carbons (Fsp3) is 0.290. The summed E-state index contributed by atoms with van der Waals surface area (Å²) in [7, 11) is -3.46. The SMILES string of the molecule is C=S(=O)(c1ccc(F)cc1)N(CC(F)F)[C@H]1CCC2=Cc3c(cnn3-c3ccc(F)cc3)C[C@]2(C(=O)c2ncc(C)s2)C1. The molecule has 0 saturated heterocycles. The molecule has 2 aliphatic carbocycles. The van der Waals surface area contributed by atoms with Gasteiger partial charge in [0, 0.05) is 22.0 Å². The van der Waals surface area contributed by atoms with Crippen LogP contribution in [0.25, 0.3) is 11.8 Å². The van der Waals surface area contributed by atoms with Gasteiger partial charge in [-0.25, -0.2) is 35.7 Å². The molecule has 6 rings (SSSR count). The van der Waals surface area contributed by atoms with Crippen molar-refractivity contribution in [3.05, 3.63) is 99.3 Å². The second kappa shape index (κ2) is 11.1. The van der Waals surface area contributed by atoms with Crippen molar-refractivity contribution in [2.75, 3.05) is 6.54 Å². The molecule has 6 nitrogen and oxygen atoms in total. The van der Waals surface area contributed by atoms with Gasteiger partial charge in [-0.3, -0.25) is 4.79 Å². The molecule has 1 fully saturated rings. The third-order valence-corrected chi connectivity index (χ3v) is 11.4. The molecule has 0 amide bonds. The van der Waals surface area contributed by atoms with Crippen LogP contribution < -0.4 is 0 Å². The highest BCUT2D eigenvalue weighted by atomic mass is 32.2. The average Bonchev–Trinajstić information content (AvgIpc) is 3.60. The van der Waals surface area contributed by atoms with Gasteiger partial charge in [-0.05, 0) is 98.6 Å². The fourth-order valence-corrected chi connectivity index (χ4v) is 8.86. The Labute approximate surface area is 250 Å². The quantitative estimate of drug-likeness (QED) is 0.126. The van der Waals surface area contributed by atoms with E-state index < -0.39 is 40.0 Å². The van der Waals surface area contributed by atoms with Crippen LogP contribution in [-0.2, 0) is 16.1 Å². The van der Waals surface area contributed by atoms with E-state index in [1.54, 1.807) is 29.2 Å². The number of thiazole rings is 1. The number of aromatic nitrogens is 3. The first-order chi connectivity index (χ1) is 20.5. The van der Waals surface area contributed by atoms with Crippen LogP contribution >= 0.6 is 11.3 Å². The molecule has 1 unspecified atom stereocenters. The maximum absolute atomic E-state index is 14.4. The fourth-order valence-electron chi connectivity index (χ4n) is 6.21. The van der Waals surface area contributed by atoms with E-state index in [1.807, 2.05) is 13.0 Å². The predicted molar refractivity (Wildman–Crippen MR) is 159 cm³/mol. The zero-order valence-corrected chi connectivity index (χ0v) is 24.8. The Kier molecular flexibility index (Phi) is 7.64. The van der Waals surface area contributed by atoms with Crippen LogP contribution in [-0.4, -0.2) is 53.9 Å². The van der Waals surface area contributed by atoms with Crippen molar-refractivity contribution in [1.29, 1.82) is 0 Å². The first kappa shape index (κ1) is 29.5. The largest absolute Gasteiger partial charge is 0.290 e. The van der Waals surface area contributed by atoms with E-state index in [0.29, 0.717) is 23.5 Å². The molecule has 0 aliphatic heterocycles. The standard InChI is InChI=1S/C31H28F4N4O2S2/c1-19-16-36-30(42-19)29(40)31-14-20-17-37-39(24-9-4-22(32)5-10-24)27(20)13-21(31)3-8-25(15-31)38(18-28(34)35)43(2,41)26-11-6-23(33)7-12-26/h4-7,9-13,16-17,25,28H,2-3,8,14-15,18H2,1H3/t25-,31-,43?/m0/s1. The number of Topliss-reactive ketones (excluding diaryl/α,β-unsaturated/α-hetero) is 1. The maximum atomic E-state index is 14.4. The van der Waals surface area contributed by atoms with E-state index in [4.69, 9.17) is 0 Å². The van der Waals surface area contributed by atoms with Gasteiger partial charge in [0.2, 0.25) is 5.78 Å². The second-order valence-electron chi connectivity index (χ2n) is 11.0. The first-order valence-corrected chi connectivity index (χ1v) is 16.2. The summed E-state index contributed by atoms with van der Waals surface area (Å²) in [5.74, 6) is 2.71. The van der Waals surface area contributed by atoms with E-state index in [1.165, 1.54) is 39.9 Å². The van der Waals surface area contributed by atoms with Gasteiger partial charge >= 0.3 is 0 Å². The second-order valence-corrected chi connectivity index (χ2v) is 14.4. The average molecular weight is 629 g/mol. The summed E-state index contributed by atoms with van der Waals surface area (Å²) in [6.45, 7) is 1.03. The molecular formula is C31H28F4N4O2S2. The van der Waals surface area contributed by atoms with Gasteiger partial charge in [0.15, 0.2) is 5.01 Å². The van der Waals surface area contributed by atoms with Crippen molar-refractivity contribution < 1.29 is 26.6 Å². The molecule has 43 heavy (non-hydrogen) atoms. The number of nitrogens with zero attached hydrogens (tertiary/aromatic N) is 4. The lowest BCUT2D eigenvalue weighted by atomic mass is 9.61. The first-order valence-electron chi connectivity index (χ1n) is 13.7. The van der Waals surface area contributed by atoms with Crippen molar-refractivity contribution in [2.45, 2.75) is 50.0 Å². The minimum absolute atomic E-state index is 0.109. The number of rotatable bonds is 8. The van der Waals surface area contributed by atoms with E-state index in [9.17, 15) is 26.6 Å². The summed E-state index contributed by atoms with van der Waals surface area (Å²) in [6, 6.07) is 10.1. The summed E-state index contributed by atoms with van der Waals surface area (Å²) in [6.07, 6.45) is 3.45. The van der Waals surface area contributed by atoms with Crippen molar-refractivity contribution in [3.8, 4) is 5.69 Å². The number of halogens is 4. The lowest BCUT2D eigenvalue weighted by Crippen LogP contribution is -2.51. The normalized spacial score (nSPS) is 21.3. The van der Waals surface area contributed by atoms with Gasteiger partial charge in [0.25, 0.3) is 6.43 Å². The van der Waals surface area contributed by atoms with Crippen molar-refractivity contribution >= 4 is 38.8 Å². The highest BCUT2D eigenvalue weighted by molar-refractivity contribution is 7.98. The number of hydrogen-bond acceptors (Lipinski definition) is 5. The Morgan fingerprint density at radius 3 is 2.44 bits per heavy atom. The molecule has 0 radical (unpaired) electrons. The van der Waals surface area contributed by atoms with Crippen LogP contribution in [0, 0.1) is 24.0 Å². The van der Waals surface area contributed by atoms with Crippen LogP contribution in [0.1, 0.15) is 45.2 Å². The van der Waals surface area contributed by atoms with Crippen LogP contribution in [0.15, 0.2) is 71.4 Å². The Morgan fingerprint density at radius 1 is 1.14 bits per heavy atom. The van der Waals surface area contributed by atoms with Crippen LogP contribution in [0.4, 0.5) is 17.6 Å². The third-order valence-electron chi connectivity index (χ3n) is 8.24. The number of hydrogen-bond donors (Lipinski definition) is 0. The van der Waals surface area contributed by atoms with E-state index >= 15 is 0 Å². The van der Waals surface area contributed by atoms with Gasteiger partial charge in [0.1, 0.15) is 11.6 Å². The van der Waals surface area contributed by atoms with Crippen LogP contribution in [0.3, 0.4) is 0 Å². The lowest BCUT2D eigenvalue weighted by molar-refractivity contribution is 0.0671. The summed E-state index contributed by atoms with van der Waals surface area (Å²) in [5, 5.41) is 4.84. The van der Waals surface area contributed by atoms with Gasteiger partial charge in [-0.2, -0.15) is 5.10 Å². The van der Waals surface area contributed by atoms with Gasteiger partial charge in [-0.1, -0.05) is 5.57 Å². The topological polar surface area (TPSA) is 68.1 Å².